The van der Waals surface area contributed by atoms with Crippen LogP contribution in [0.4, 0.5) is 0 Å². The lowest BCUT2D eigenvalue weighted by molar-refractivity contribution is 0.202. The molecule has 0 aromatic heterocycles. The van der Waals surface area contributed by atoms with Crippen LogP contribution in [0.15, 0.2) is 30.3 Å². The fourth-order valence-corrected chi connectivity index (χ4v) is 4.12. The standard InChI is InChI=1S/C17H25N/c1-18-16(14-10-11-14)17(12-6-3-7-13-17)15-8-4-2-5-9-15/h2,4-5,8-9,14,16,18H,3,6-7,10-13H2,1H3. The van der Waals surface area contributed by atoms with E-state index >= 15 is 0 Å². The highest BCUT2D eigenvalue weighted by molar-refractivity contribution is 5.29. The summed E-state index contributed by atoms with van der Waals surface area (Å²) >= 11 is 0. The normalized spacial score (nSPS) is 24.7. The third kappa shape index (κ3) is 2.09. The highest BCUT2D eigenvalue weighted by Gasteiger charge is 2.47. The highest BCUT2D eigenvalue weighted by Crippen LogP contribution is 2.49. The minimum Gasteiger partial charge on any atom is -0.316 e. The van der Waals surface area contributed by atoms with Crippen molar-refractivity contribution in [1.29, 1.82) is 0 Å². The molecule has 1 nitrogen and oxygen atoms in total. The van der Waals surface area contributed by atoms with Crippen LogP contribution in [0.2, 0.25) is 0 Å². The molecule has 2 aliphatic rings. The molecule has 0 spiro atoms. The van der Waals surface area contributed by atoms with Gasteiger partial charge in [0.05, 0.1) is 0 Å². The molecule has 1 N–H and O–H groups in total. The summed E-state index contributed by atoms with van der Waals surface area (Å²) in [7, 11) is 2.17. The molecule has 0 heterocycles. The van der Waals surface area contributed by atoms with Crippen molar-refractivity contribution in [2.45, 2.75) is 56.4 Å². The van der Waals surface area contributed by atoms with E-state index in [1.54, 1.807) is 5.56 Å². The number of hydrogen-bond acceptors (Lipinski definition) is 1. The quantitative estimate of drug-likeness (QED) is 0.846. The van der Waals surface area contributed by atoms with E-state index in [-0.39, 0.29) is 0 Å². The van der Waals surface area contributed by atoms with Crippen molar-refractivity contribution in [3.05, 3.63) is 35.9 Å². The van der Waals surface area contributed by atoms with Crippen LogP contribution in [0.1, 0.15) is 50.5 Å². The van der Waals surface area contributed by atoms with Crippen LogP contribution in [-0.4, -0.2) is 13.1 Å². The lowest BCUT2D eigenvalue weighted by Crippen LogP contribution is -2.49. The molecule has 0 bridgehead atoms. The van der Waals surface area contributed by atoms with Gasteiger partial charge in [-0.3, -0.25) is 0 Å². The van der Waals surface area contributed by atoms with E-state index in [4.69, 9.17) is 0 Å². The van der Waals surface area contributed by atoms with Crippen molar-refractivity contribution >= 4 is 0 Å². The van der Waals surface area contributed by atoms with Crippen molar-refractivity contribution in [3.63, 3.8) is 0 Å². The Bertz CT molecular complexity index is 374. The number of benzene rings is 1. The molecule has 1 aromatic carbocycles. The second-order valence-corrected chi connectivity index (χ2v) is 6.19. The van der Waals surface area contributed by atoms with Crippen LogP contribution in [0.3, 0.4) is 0 Å². The molecule has 2 fully saturated rings. The van der Waals surface area contributed by atoms with Gasteiger partial charge in [-0.25, -0.2) is 0 Å². The zero-order chi connectivity index (χ0) is 12.4. The molecule has 1 aromatic rings. The summed E-state index contributed by atoms with van der Waals surface area (Å²) < 4.78 is 0. The minimum absolute atomic E-state index is 0.412. The topological polar surface area (TPSA) is 12.0 Å². The van der Waals surface area contributed by atoms with Gasteiger partial charge in [0, 0.05) is 11.5 Å². The predicted octanol–water partition coefficient (Wildman–Crippen LogP) is 3.89. The Morgan fingerprint density at radius 1 is 1.06 bits per heavy atom. The first-order valence-corrected chi connectivity index (χ1v) is 7.59. The molecule has 0 saturated heterocycles. The van der Waals surface area contributed by atoms with Crippen molar-refractivity contribution < 1.29 is 0 Å². The monoisotopic (exact) mass is 243 g/mol. The number of nitrogens with one attached hydrogen (secondary N) is 1. The largest absolute Gasteiger partial charge is 0.316 e. The van der Waals surface area contributed by atoms with Crippen LogP contribution in [0.5, 0.6) is 0 Å². The fraction of sp³-hybridized carbons (Fsp3) is 0.647. The van der Waals surface area contributed by atoms with Crippen LogP contribution in [-0.2, 0) is 5.41 Å². The predicted molar refractivity (Wildman–Crippen MR) is 76.8 cm³/mol. The second-order valence-electron chi connectivity index (χ2n) is 6.19. The number of rotatable bonds is 4. The zero-order valence-corrected chi connectivity index (χ0v) is 11.5. The Hall–Kier alpha value is -0.820. The first-order chi connectivity index (χ1) is 8.87. The molecule has 1 heteroatoms. The van der Waals surface area contributed by atoms with Gasteiger partial charge in [-0.1, -0.05) is 49.6 Å². The van der Waals surface area contributed by atoms with Crippen LogP contribution >= 0.6 is 0 Å². The second kappa shape index (κ2) is 5.05. The molecule has 1 unspecified atom stereocenters. The molecule has 18 heavy (non-hydrogen) atoms. The van der Waals surface area contributed by atoms with Gasteiger partial charge < -0.3 is 5.32 Å². The average molecular weight is 243 g/mol. The SMILES string of the molecule is CNC(C1CC1)C1(c2ccccc2)CCCCC1. The molecule has 0 aliphatic heterocycles. The van der Waals surface area contributed by atoms with E-state index in [2.05, 4.69) is 42.7 Å². The smallest absolute Gasteiger partial charge is 0.0189 e. The van der Waals surface area contributed by atoms with E-state index in [9.17, 15) is 0 Å². The molecule has 2 aliphatic carbocycles. The molecule has 3 rings (SSSR count). The lowest BCUT2D eigenvalue weighted by atomic mass is 9.63. The molecule has 1 atom stereocenters. The third-order valence-electron chi connectivity index (χ3n) is 5.09. The van der Waals surface area contributed by atoms with Gasteiger partial charge in [0.15, 0.2) is 0 Å². The van der Waals surface area contributed by atoms with Gasteiger partial charge in [-0.15, -0.1) is 0 Å². The first-order valence-electron chi connectivity index (χ1n) is 7.59. The Morgan fingerprint density at radius 2 is 1.72 bits per heavy atom. The maximum atomic E-state index is 3.67. The van der Waals surface area contributed by atoms with Gasteiger partial charge in [-0.05, 0) is 44.2 Å². The fourth-order valence-electron chi connectivity index (χ4n) is 4.12. The first kappa shape index (κ1) is 12.2. The van der Waals surface area contributed by atoms with E-state index in [1.807, 2.05) is 0 Å². The Morgan fingerprint density at radius 3 is 2.28 bits per heavy atom. The molecule has 2 saturated carbocycles. The molecule has 0 radical (unpaired) electrons. The molecular formula is C17H25N. The summed E-state index contributed by atoms with van der Waals surface area (Å²) in [5.74, 6) is 0.924. The lowest BCUT2D eigenvalue weighted by Gasteiger charge is -2.44. The highest BCUT2D eigenvalue weighted by atomic mass is 14.9. The van der Waals surface area contributed by atoms with Gasteiger partial charge in [-0.2, -0.15) is 0 Å². The van der Waals surface area contributed by atoms with Crippen LogP contribution < -0.4 is 5.32 Å². The van der Waals surface area contributed by atoms with Crippen LogP contribution in [0, 0.1) is 5.92 Å². The van der Waals surface area contributed by atoms with Gasteiger partial charge in [0.2, 0.25) is 0 Å². The van der Waals surface area contributed by atoms with E-state index in [1.165, 1.54) is 44.9 Å². The summed E-state index contributed by atoms with van der Waals surface area (Å²) in [5.41, 5.74) is 1.99. The number of likely N-dealkylation sites (N-methyl/N-ethyl adjacent to an activating group) is 1. The Labute approximate surface area is 111 Å². The third-order valence-corrected chi connectivity index (χ3v) is 5.09. The van der Waals surface area contributed by atoms with E-state index in [0.717, 1.165) is 5.92 Å². The molecular weight excluding hydrogens is 218 g/mol. The number of hydrogen-bond donors (Lipinski definition) is 1. The Balaban J connectivity index is 1.96. The van der Waals surface area contributed by atoms with E-state index in [0.29, 0.717) is 11.5 Å². The summed E-state index contributed by atoms with van der Waals surface area (Å²) in [5, 5.41) is 3.67. The maximum Gasteiger partial charge on any atom is 0.0189 e. The zero-order valence-electron chi connectivity index (χ0n) is 11.5. The summed E-state index contributed by atoms with van der Waals surface area (Å²) in [4.78, 5) is 0. The molecule has 98 valence electrons. The maximum absolute atomic E-state index is 3.67. The van der Waals surface area contributed by atoms with Gasteiger partial charge in [0.25, 0.3) is 0 Å². The van der Waals surface area contributed by atoms with Crippen molar-refractivity contribution in [2.75, 3.05) is 7.05 Å². The molecule has 0 amide bonds. The van der Waals surface area contributed by atoms with Gasteiger partial charge in [0.1, 0.15) is 0 Å². The van der Waals surface area contributed by atoms with E-state index < -0.39 is 0 Å². The van der Waals surface area contributed by atoms with Crippen LogP contribution in [0.25, 0.3) is 0 Å². The average Bonchev–Trinajstić information content (AvgIpc) is 3.26. The van der Waals surface area contributed by atoms with Crippen molar-refractivity contribution in [1.82, 2.24) is 5.32 Å². The Kier molecular flexibility index (Phi) is 3.43. The summed E-state index contributed by atoms with van der Waals surface area (Å²) in [6.45, 7) is 0. The van der Waals surface area contributed by atoms with Gasteiger partial charge >= 0.3 is 0 Å². The summed E-state index contributed by atoms with van der Waals surface area (Å²) in [6, 6.07) is 12.0. The minimum atomic E-state index is 0.412. The van der Waals surface area contributed by atoms with Crippen molar-refractivity contribution in [2.24, 2.45) is 5.92 Å². The summed E-state index contributed by atoms with van der Waals surface area (Å²) in [6.07, 6.45) is 9.84. The van der Waals surface area contributed by atoms with Crippen molar-refractivity contribution in [3.8, 4) is 0 Å².